The summed E-state index contributed by atoms with van der Waals surface area (Å²) >= 11 is 0. The number of nitrogens with one attached hydrogen (secondary N) is 1. The fourth-order valence-electron chi connectivity index (χ4n) is 2.88. The van der Waals surface area contributed by atoms with Gasteiger partial charge in [-0.05, 0) is 5.53 Å². The summed E-state index contributed by atoms with van der Waals surface area (Å²) < 4.78 is 52.1. The highest BCUT2D eigenvalue weighted by atomic mass is 31.3. The number of azide groups is 1. The van der Waals surface area contributed by atoms with E-state index < -0.39 is 60.1 Å². The zero-order valence-corrected chi connectivity index (χ0v) is 18.9. The third kappa shape index (κ3) is 6.07. The van der Waals surface area contributed by atoms with Crippen molar-refractivity contribution in [1.29, 1.82) is 0 Å². The first-order chi connectivity index (χ1) is 15.6. The van der Waals surface area contributed by atoms with Crippen molar-refractivity contribution in [1.82, 2.24) is 19.5 Å². The first-order valence-corrected chi connectivity index (χ1v) is 13.0. The van der Waals surface area contributed by atoms with Crippen LogP contribution in [0.4, 0.5) is 5.95 Å². The van der Waals surface area contributed by atoms with E-state index in [4.69, 9.17) is 30.7 Å². The molecule has 1 aliphatic heterocycles. The summed E-state index contributed by atoms with van der Waals surface area (Å²) in [6.45, 7) is -1.03. The third-order valence-electron chi connectivity index (χ3n) is 4.06. The van der Waals surface area contributed by atoms with Gasteiger partial charge in [-0.25, -0.2) is 18.7 Å². The molecule has 1 saturated heterocycles. The van der Waals surface area contributed by atoms with Crippen LogP contribution < -0.4 is 11.3 Å². The number of aliphatic hydroxyl groups excluding tert-OH is 1. The number of aromatic nitrogens is 4. The molecule has 188 valence electrons. The van der Waals surface area contributed by atoms with Crippen LogP contribution >= 0.6 is 23.5 Å². The molecule has 2 aromatic rings. The minimum absolute atomic E-state index is 0.120. The van der Waals surface area contributed by atoms with Crippen LogP contribution in [0.15, 0.2) is 16.2 Å². The van der Waals surface area contributed by atoms with Gasteiger partial charge in [-0.3, -0.25) is 18.9 Å². The van der Waals surface area contributed by atoms with Gasteiger partial charge >= 0.3 is 23.5 Å². The number of hydrogen-bond acceptors (Lipinski definition) is 13. The van der Waals surface area contributed by atoms with E-state index in [9.17, 15) is 28.5 Å². The standard InChI is InChI=1S/C10H15N8O13P3/c11-10-14-7-5(8(20)15-10)13-2-18(7)9-4(16-17-12)6(19)3(29-9)1-28-33(24,25)31-34(26,27)30-32(21,22)23/h2-4,6,9,19H,1H2,(H,24,25)(H,26,27)(H2,21,22,23)(H3,11,14,15,20). The Morgan fingerprint density at radius 3 is 2.56 bits per heavy atom. The Balaban J connectivity index is 1.81. The number of hydrogen-bond donors (Lipinski definition) is 7. The molecule has 21 nitrogen and oxygen atoms in total. The number of nitrogens with zero attached hydrogens (tertiary/aromatic N) is 6. The quantitative estimate of drug-likeness (QED) is 0.0853. The number of H-pyrrole nitrogens is 1. The summed E-state index contributed by atoms with van der Waals surface area (Å²) in [4.78, 5) is 60.3. The molecule has 2 aromatic heterocycles. The molecule has 0 spiro atoms. The van der Waals surface area contributed by atoms with Crippen molar-refractivity contribution in [2.75, 3.05) is 12.3 Å². The van der Waals surface area contributed by atoms with E-state index >= 15 is 0 Å². The number of rotatable bonds is 9. The van der Waals surface area contributed by atoms with E-state index in [2.05, 4.69) is 38.1 Å². The van der Waals surface area contributed by atoms with Crippen molar-refractivity contribution in [3.05, 3.63) is 27.1 Å². The summed E-state index contributed by atoms with van der Waals surface area (Å²) in [5.41, 5.74) is 13.3. The van der Waals surface area contributed by atoms with Crippen LogP contribution in [0.5, 0.6) is 0 Å². The molecular formula is C10H15N8O13P3. The number of nitrogen functional groups attached to an aromatic ring is 1. The number of aromatic amines is 1. The lowest BCUT2D eigenvalue weighted by atomic mass is 10.1. The summed E-state index contributed by atoms with van der Waals surface area (Å²) in [5, 5.41) is 13.8. The maximum absolute atomic E-state index is 12.0. The van der Waals surface area contributed by atoms with Gasteiger partial charge in [-0.1, -0.05) is 5.11 Å². The number of imidazole rings is 1. The minimum atomic E-state index is -5.76. The lowest BCUT2D eigenvalue weighted by Crippen LogP contribution is -2.32. The largest absolute Gasteiger partial charge is 0.490 e. The van der Waals surface area contributed by atoms with Crippen LogP contribution in [-0.2, 0) is 31.6 Å². The fourth-order valence-corrected chi connectivity index (χ4v) is 5.91. The average Bonchev–Trinajstić information content (AvgIpc) is 3.19. The van der Waals surface area contributed by atoms with Gasteiger partial charge in [-0.2, -0.15) is 13.6 Å². The predicted molar refractivity (Wildman–Crippen MR) is 105 cm³/mol. The number of ether oxygens (including phenoxy) is 1. The Morgan fingerprint density at radius 2 is 1.94 bits per heavy atom. The lowest BCUT2D eigenvalue weighted by Gasteiger charge is -2.19. The van der Waals surface area contributed by atoms with E-state index in [-0.39, 0.29) is 17.1 Å². The molecule has 3 heterocycles. The number of anilines is 1. The highest BCUT2D eigenvalue weighted by molar-refractivity contribution is 7.66. The highest BCUT2D eigenvalue weighted by Gasteiger charge is 2.47. The average molecular weight is 548 g/mol. The Kier molecular flexibility index (Phi) is 7.33. The Labute approximate surface area is 186 Å². The number of aliphatic hydroxyl groups is 1. The van der Waals surface area contributed by atoms with Gasteiger partial charge in [0.1, 0.15) is 18.4 Å². The molecule has 8 N–H and O–H groups in total. The number of phosphoric ester groups is 1. The molecular weight excluding hydrogens is 533 g/mol. The van der Waals surface area contributed by atoms with E-state index in [0.29, 0.717) is 0 Å². The van der Waals surface area contributed by atoms with Crippen molar-refractivity contribution < 1.29 is 56.3 Å². The summed E-state index contributed by atoms with van der Waals surface area (Å²) in [6.07, 6.45) is -3.56. The molecule has 0 aromatic carbocycles. The monoisotopic (exact) mass is 548 g/mol. The van der Waals surface area contributed by atoms with Crippen LogP contribution in [0.2, 0.25) is 0 Å². The normalized spacial score (nSPS) is 26.6. The zero-order valence-electron chi connectivity index (χ0n) is 16.2. The van der Waals surface area contributed by atoms with Gasteiger partial charge < -0.3 is 35.2 Å². The zero-order chi connectivity index (χ0) is 25.5. The van der Waals surface area contributed by atoms with E-state index in [1.54, 1.807) is 0 Å². The predicted octanol–water partition coefficient (Wildman–Crippen LogP) is -1.02. The lowest BCUT2D eigenvalue weighted by molar-refractivity contribution is -0.0428. The maximum Gasteiger partial charge on any atom is 0.490 e. The first-order valence-electron chi connectivity index (χ1n) is 8.51. The van der Waals surface area contributed by atoms with Crippen molar-refractivity contribution in [2.24, 2.45) is 5.11 Å². The molecule has 6 atom stereocenters. The molecule has 34 heavy (non-hydrogen) atoms. The number of phosphoric acid groups is 3. The van der Waals surface area contributed by atoms with Crippen LogP contribution in [0, 0.1) is 0 Å². The summed E-state index contributed by atoms with van der Waals surface area (Å²) in [7, 11) is -16.9. The highest BCUT2D eigenvalue weighted by Crippen LogP contribution is 2.66. The van der Waals surface area contributed by atoms with E-state index in [1.807, 2.05) is 0 Å². The van der Waals surface area contributed by atoms with E-state index in [1.165, 1.54) is 0 Å². The number of nitrogens with two attached hydrogens (primary N) is 1. The molecule has 0 amide bonds. The molecule has 1 fully saturated rings. The van der Waals surface area contributed by atoms with Crippen molar-refractivity contribution >= 4 is 40.6 Å². The van der Waals surface area contributed by atoms with Crippen LogP contribution in [0.25, 0.3) is 21.6 Å². The van der Waals surface area contributed by atoms with Gasteiger partial charge in [0.05, 0.1) is 19.0 Å². The Morgan fingerprint density at radius 1 is 1.26 bits per heavy atom. The topological polar surface area (TPSA) is 328 Å². The molecule has 0 radical (unpaired) electrons. The summed E-state index contributed by atoms with van der Waals surface area (Å²) in [5.74, 6) is -0.290. The molecule has 6 unspecified atom stereocenters. The smallest absolute Gasteiger partial charge is 0.390 e. The van der Waals surface area contributed by atoms with Gasteiger partial charge in [0.2, 0.25) is 5.95 Å². The summed E-state index contributed by atoms with van der Waals surface area (Å²) in [6, 6.07) is -1.42. The van der Waals surface area contributed by atoms with Gasteiger partial charge in [-0.15, -0.1) is 0 Å². The van der Waals surface area contributed by atoms with Crippen molar-refractivity contribution in [2.45, 2.75) is 24.5 Å². The SMILES string of the molecule is [N-]=[N+]=NC1C(O)C(COP(=O)(O)OP(=O)(O)OP(=O)(O)O)OC1n1cnc2c(=O)[nH]c(N)nc21. The maximum atomic E-state index is 12.0. The molecule has 3 rings (SSSR count). The van der Waals surface area contributed by atoms with E-state index in [0.717, 1.165) is 10.9 Å². The Bertz CT molecular complexity index is 1330. The molecule has 1 aliphatic rings. The van der Waals surface area contributed by atoms with Crippen molar-refractivity contribution in [3.63, 3.8) is 0 Å². The van der Waals surface area contributed by atoms with Gasteiger partial charge in [0.15, 0.2) is 11.2 Å². The molecule has 0 aliphatic carbocycles. The second kappa shape index (κ2) is 9.44. The molecule has 0 bridgehead atoms. The molecule has 0 saturated carbocycles. The second-order valence-electron chi connectivity index (χ2n) is 6.41. The first kappa shape index (κ1) is 26.4. The Hall–Kier alpha value is -2.21. The third-order valence-corrected chi connectivity index (χ3v) is 7.87. The van der Waals surface area contributed by atoms with Crippen LogP contribution in [0.1, 0.15) is 6.23 Å². The van der Waals surface area contributed by atoms with Crippen molar-refractivity contribution in [3.8, 4) is 0 Å². The van der Waals surface area contributed by atoms with Crippen LogP contribution in [-0.4, -0.2) is 69.1 Å². The van der Waals surface area contributed by atoms with Crippen LogP contribution in [0.3, 0.4) is 0 Å². The molecule has 24 heteroatoms. The fraction of sp³-hybridized carbons (Fsp3) is 0.500. The van der Waals surface area contributed by atoms with Gasteiger partial charge in [0.25, 0.3) is 5.56 Å². The van der Waals surface area contributed by atoms with Gasteiger partial charge in [0, 0.05) is 4.91 Å². The number of fused-ring (bicyclic) bond motifs is 1. The second-order valence-corrected chi connectivity index (χ2v) is 10.8. The minimum Gasteiger partial charge on any atom is -0.390 e.